The van der Waals surface area contributed by atoms with Crippen molar-refractivity contribution in [2.45, 2.75) is 13.8 Å². The Bertz CT molecular complexity index is 129. The zero-order valence-corrected chi connectivity index (χ0v) is 6.35. The van der Waals surface area contributed by atoms with Gasteiger partial charge in [-0.3, -0.25) is 0 Å². The van der Waals surface area contributed by atoms with Gasteiger partial charge in [0, 0.05) is 6.61 Å². The average molecular weight is 144 g/mol. The highest BCUT2D eigenvalue weighted by Crippen LogP contribution is 1.90. The van der Waals surface area contributed by atoms with Crippen molar-refractivity contribution >= 4 is 5.97 Å². The minimum absolute atomic E-state index is 0.00333. The molecule has 0 N–H and O–H groups in total. The van der Waals surface area contributed by atoms with Crippen LogP contribution in [-0.2, 0) is 14.3 Å². The first-order valence-electron chi connectivity index (χ1n) is 3.10. The van der Waals surface area contributed by atoms with Gasteiger partial charge in [-0.15, -0.1) is 0 Å². The van der Waals surface area contributed by atoms with E-state index in [9.17, 15) is 4.79 Å². The molecule has 0 aromatic heterocycles. The normalized spacial score (nSPS) is 9.00. The molecule has 0 aliphatic carbocycles. The van der Waals surface area contributed by atoms with Gasteiger partial charge in [0.2, 0.25) is 0 Å². The largest absolute Gasteiger partial charge is 0.430 e. The van der Waals surface area contributed by atoms with Crippen LogP contribution in [0.5, 0.6) is 0 Å². The SMILES string of the molecule is C=C(C)OC(=O)COCC. The Morgan fingerprint density at radius 2 is 2.20 bits per heavy atom. The highest BCUT2D eigenvalue weighted by atomic mass is 16.6. The van der Waals surface area contributed by atoms with Crippen LogP contribution in [0.25, 0.3) is 0 Å². The van der Waals surface area contributed by atoms with Gasteiger partial charge in [0.1, 0.15) is 6.61 Å². The Hall–Kier alpha value is -0.830. The quantitative estimate of drug-likeness (QED) is 0.438. The van der Waals surface area contributed by atoms with Gasteiger partial charge >= 0.3 is 5.97 Å². The van der Waals surface area contributed by atoms with Crippen LogP contribution in [-0.4, -0.2) is 19.2 Å². The summed E-state index contributed by atoms with van der Waals surface area (Å²) in [6.45, 7) is 7.36. The number of hydrogen-bond acceptors (Lipinski definition) is 3. The van der Waals surface area contributed by atoms with Crippen LogP contribution in [0.15, 0.2) is 12.3 Å². The van der Waals surface area contributed by atoms with Gasteiger partial charge in [-0.25, -0.2) is 4.79 Å². The lowest BCUT2D eigenvalue weighted by Crippen LogP contribution is -2.10. The summed E-state index contributed by atoms with van der Waals surface area (Å²) in [5.74, 6) is -0.000877. The van der Waals surface area contributed by atoms with Crippen molar-refractivity contribution in [3.8, 4) is 0 Å². The highest BCUT2D eigenvalue weighted by molar-refractivity contribution is 5.71. The first-order valence-corrected chi connectivity index (χ1v) is 3.10. The smallest absolute Gasteiger partial charge is 0.337 e. The van der Waals surface area contributed by atoms with Gasteiger partial charge in [0.25, 0.3) is 0 Å². The summed E-state index contributed by atoms with van der Waals surface area (Å²) in [7, 11) is 0. The Kier molecular flexibility index (Phi) is 4.58. The van der Waals surface area contributed by atoms with E-state index in [-0.39, 0.29) is 6.61 Å². The molecule has 0 aliphatic heterocycles. The molecule has 0 fully saturated rings. The van der Waals surface area contributed by atoms with Crippen LogP contribution in [0.2, 0.25) is 0 Å². The fraction of sp³-hybridized carbons (Fsp3) is 0.571. The second-order valence-electron chi connectivity index (χ2n) is 1.81. The summed E-state index contributed by atoms with van der Waals surface area (Å²) >= 11 is 0. The summed E-state index contributed by atoms with van der Waals surface area (Å²) in [6, 6.07) is 0. The number of ether oxygens (including phenoxy) is 2. The second kappa shape index (κ2) is 4.99. The van der Waals surface area contributed by atoms with Gasteiger partial charge in [-0.05, 0) is 13.8 Å². The monoisotopic (exact) mass is 144 g/mol. The molecule has 3 heteroatoms. The van der Waals surface area contributed by atoms with E-state index in [1.807, 2.05) is 6.92 Å². The predicted molar refractivity (Wildman–Crippen MR) is 37.4 cm³/mol. The molecule has 58 valence electrons. The van der Waals surface area contributed by atoms with E-state index in [2.05, 4.69) is 11.3 Å². The number of allylic oxidation sites excluding steroid dienone is 1. The molecule has 0 unspecified atom stereocenters. The molecule has 0 saturated heterocycles. The molecule has 0 saturated carbocycles. The Balaban J connectivity index is 3.35. The van der Waals surface area contributed by atoms with Crippen molar-refractivity contribution in [3.05, 3.63) is 12.3 Å². The van der Waals surface area contributed by atoms with E-state index in [1.54, 1.807) is 6.92 Å². The Labute approximate surface area is 60.6 Å². The summed E-state index contributed by atoms with van der Waals surface area (Å²) < 4.78 is 9.37. The summed E-state index contributed by atoms with van der Waals surface area (Å²) in [5, 5.41) is 0. The van der Waals surface area contributed by atoms with E-state index in [0.717, 1.165) is 0 Å². The van der Waals surface area contributed by atoms with Gasteiger partial charge in [-0.2, -0.15) is 0 Å². The zero-order chi connectivity index (χ0) is 7.98. The van der Waals surface area contributed by atoms with Crippen LogP contribution in [0.1, 0.15) is 13.8 Å². The molecule has 0 aromatic carbocycles. The molecule has 0 amide bonds. The number of carbonyl (C=O) groups excluding carboxylic acids is 1. The lowest BCUT2D eigenvalue weighted by Gasteiger charge is -2.01. The van der Waals surface area contributed by atoms with E-state index in [0.29, 0.717) is 12.4 Å². The minimum atomic E-state index is -0.394. The lowest BCUT2D eigenvalue weighted by atomic mass is 10.6. The maximum atomic E-state index is 10.6. The molecular formula is C7H12O3. The van der Waals surface area contributed by atoms with Crippen molar-refractivity contribution < 1.29 is 14.3 Å². The van der Waals surface area contributed by atoms with Crippen molar-refractivity contribution in [2.24, 2.45) is 0 Å². The summed E-state index contributed by atoms with van der Waals surface area (Å²) in [6.07, 6.45) is 0. The Morgan fingerprint density at radius 1 is 1.60 bits per heavy atom. The van der Waals surface area contributed by atoms with E-state index in [4.69, 9.17) is 4.74 Å². The van der Waals surface area contributed by atoms with E-state index < -0.39 is 5.97 Å². The third-order valence-electron chi connectivity index (χ3n) is 0.712. The third-order valence-corrected chi connectivity index (χ3v) is 0.712. The number of esters is 1. The standard InChI is InChI=1S/C7H12O3/c1-4-9-5-7(8)10-6(2)3/h2,4-5H2,1,3H3. The van der Waals surface area contributed by atoms with Crippen LogP contribution < -0.4 is 0 Å². The summed E-state index contributed by atoms with van der Waals surface area (Å²) in [5.41, 5.74) is 0. The lowest BCUT2D eigenvalue weighted by molar-refractivity contribution is -0.144. The number of rotatable bonds is 4. The predicted octanol–water partition coefficient (Wildman–Crippen LogP) is 1.10. The van der Waals surface area contributed by atoms with Crippen molar-refractivity contribution in [1.29, 1.82) is 0 Å². The molecule has 3 nitrogen and oxygen atoms in total. The van der Waals surface area contributed by atoms with Crippen molar-refractivity contribution in [2.75, 3.05) is 13.2 Å². The molecule has 0 spiro atoms. The van der Waals surface area contributed by atoms with Crippen LogP contribution in [0, 0.1) is 0 Å². The number of hydrogen-bond donors (Lipinski definition) is 0. The molecule has 10 heavy (non-hydrogen) atoms. The fourth-order valence-electron chi connectivity index (χ4n) is 0.409. The van der Waals surface area contributed by atoms with Crippen LogP contribution in [0.3, 0.4) is 0 Å². The second-order valence-corrected chi connectivity index (χ2v) is 1.81. The van der Waals surface area contributed by atoms with Crippen LogP contribution >= 0.6 is 0 Å². The molecule has 0 radical (unpaired) electrons. The summed E-state index contributed by atoms with van der Waals surface area (Å²) in [4.78, 5) is 10.6. The van der Waals surface area contributed by atoms with Crippen LogP contribution in [0.4, 0.5) is 0 Å². The first-order chi connectivity index (χ1) is 4.66. The van der Waals surface area contributed by atoms with Gasteiger partial charge in [0.15, 0.2) is 0 Å². The third kappa shape index (κ3) is 5.31. The van der Waals surface area contributed by atoms with Crippen molar-refractivity contribution in [1.82, 2.24) is 0 Å². The topological polar surface area (TPSA) is 35.5 Å². The first kappa shape index (κ1) is 9.17. The van der Waals surface area contributed by atoms with Gasteiger partial charge < -0.3 is 9.47 Å². The molecule has 0 bridgehead atoms. The molecule has 0 aliphatic rings. The average Bonchev–Trinajstić information content (AvgIpc) is 1.82. The van der Waals surface area contributed by atoms with E-state index in [1.165, 1.54) is 0 Å². The number of carbonyl (C=O) groups is 1. The van der Waals surface area contributed by atoms with E-state index >= 15 is 0 Å². The molecular weight excluding hydrogens is 132 g/mol. The molecule has 0 heterocycles. The maximum absolute atomic E-state index is 10.6. The Morgan fingerprint density at radius 3 is 2.60 bits per heavy atom. The van der Waals surface area contributed by atoms with Crippen molar-refractivity contribution in [3.63, 3.8) is 0 Å². The maximum Gasteiger partial charge on any atom is 0.337 e. The highest BCUT2D eigenvalue weighted by Gasteiger charge is 2.00. The molecule has 0 atom stereocenters. The molecule has 0 aromatic rings. The van der Waals surface area contributed by atoms with Gasteiger partial charge in [-0.1, -0.05) is 6.58 Å². The zero-order valence-electron chi connectivity index (χ0n) is 6.35. The minimum Gasteiger partial charge on any atom is -0.430 e. The van der Waals surface area contributed by atoms with Gasteiger partial charge in [0.05, 0.1) is 5.76 Å². The fourth-order valence-corrected chi connectivity index (χ4v) is 0.409. The molecule has 0 rings (SSSR count).